The van der Waals surface area contributed by atoms with Crippen LogP contribution in [0.3, 0.4) is 0 Å². The van der Waals surface area contributed by atoms with Gasteiger partial charge in [-0.15, -0.1) is 0 Å². The van der Waals surface area contributed by atoms with Crippen molar-refractivity contribution in [3.63, 3.8) is 0 Å². The number of ketones is 1. The van der Waals surface area contributed by atoms with Crippen molar-refractivity contribution in [1.82, 2.24) is 0 Å². The lowest BCUT2D eigenvalue weighted by molar-refractivity contribution is -0.135. The quantitative estimate of drug-likeness (QED) is 0.610. The molecule has 1 fully saturated rings. The molecule has 1 heteroatoms. The van der Waals surface area contributed by atoms with Crippen molar-refractivity contribution in [3.05, 3.63) is 23.8 Å². The molecule has 0 aromatic carbocycles. The Labute approximate surface area is 98.6 Å². The van der Waals surface area contributed by atoms with Crippen LogP contribution < -0.4 is 0 Å². The summed E-state index contributed by atoms with van der Waals surface area (Å²) in [5.41, 5.74) is 2.56. The average molecular weight is 218 g/mol. The smallest absolute Gasteiger partial charge is 0.139 e. The van der Waals surface area contributed by atoms with Crippen LogP contribution in [-0.2, 0) is 4.79 Å². The molecule has 2 aliphatic rings. The van der Waals surface area contributed by atoms with Crippen molar-refractivity contribution in [2.45, 2.75) is 46.5 Å². The first-order valence-corrected chi connectivity index (χ1v) is 6.28. The minimum absolute atomic E-state index is 0.0779. The Kier molecular flexibility index (Phi) is 2.81. The molecule has 0 unspecified atom stereocenters. The number of fused-ring (bicyclic) bond motifs is 1. The molecule has 2 rings (SSSR count). The second kappa shape index (κ2) is 3.87. The summed E-state index contributed by atoms with van der Waals surface area (Å²) < 4.78 is 0. The first-order chi connectivity index (χ1) is 7.43. The van der Waals surface area contributed by atoms with Gasteiger partial charge in [-0.05, 0) is 44.9 Å². The minimum atomic E-state index is -0.0779. The van der Waals surface area contributed by atoms with Gasteiger partial charge in [0.2, 0.25) is 0 Å². The third kappa shape index (κ3) is 1.77. The highest BCUT2D eigenvalue weighted by molar-refractivity contribution is 5.86. The van der Waals surface area contributed by atoms with Crippen LogP contribution in [0.1, 0.15) is 46.5 Å². The molecule has 0 saturated heterocycles. The number of carbonyl (C=O) groups is 1. The molecule has 0 radical (unpaired) electrons. The topological polar surface area (TPSA) is 17.1 Å². The number of carbonyl (C=O) groups excluding carboxylic acids is 1. The normalized spacial score (nSPS) is 38.9. The van der Waals surface area contributed by atoms with Crippen LogP contribution in [0, 0.1) is 17.3 Å². The second-order valence-electron chi connectivity index (χ2n) is 5.98. The molecular weight excluding hydrogens is 196 g/mol. The van der Waals surface area contributed by atoms with Gasteiger partial charge in [0.05, 0.1) is 0 Å². The maximum atomic E-state index is 12.3. The third-order valence-corrected chi connectivity index (χ3v) is 4.68. The van der Waals surface area contributed by atoms with Gasteiger partial charge in [0.15, 0.2) is 0 Å². The Bertz CT molecular complexity index is 364. The Morgan fingerprint density at radius 3 is 2.81 bits per heavy atom. The van der Waals surface area contributed by atoms with Gasteiger partial charge in [0.1, 0.15) is 5.78 Å². The molecule has 0 aliphatic heterocycles. The van der Waals surface area contributed by atoms with Crippen molar-refractivity contribution in [2.24, 2.45) is 17.3 Å². The molecule has 0 aromatic rings. The van der Waals surface area contributed by atoms with Crippen molar-refractivity contribution in [2.75, 3.05) is 0 Å². The summed E-state index contributed by atoms with van der Waals surface area (Å²) in [5.74, 6) is 1.43. The number of Topliss-reactive ketones (excluding diaryl/α,β-unsaturated/α-hetero) is 1. The highest BCUT2D eigenvalue weighted by atomic mass is 16.1. The summed E-state index contributed by atoms with van der Waals surface area (Å²) in [6.45, 7) is 10.4. The van der Waals surface area contributed by atoms with E-state index in [1.165, 1.54) is 11.1 Å². The van der Waals surface area contributed by atoms with E-state index in [2.05, 4.69) is 33.4 Å². The first kappa shape index (κ1) is 11.6. The maximum Gasteiger partial charge on any atom is 0.139 e. The molecule has 0 heterocycles. The molecular formula is C15H22O. The Balaban J connectivity index is 2.26. The summed E-state index contributed by atoms with van der Waals surface area (Å²) in [6.07, 6.45) is 6.19. The zero-order chi connectivity index (χ0) is 11.9. The number of hydrogen-bond donors (Lipinski definition) is 0. The molecule has 2 aliphatic carbocycles. The number of allylic oxidation sites excluding steroid dienone is 3. The van der Waals surface area contributed by atoms with Gasteiger partial charge < -0.3 is 0 Å². The van der Waals surface area contributed by atoms with E-state index < -0.39 is 0 Å². The molecule has 0 bridgehead atoms. The molecule has 1 nitrogen and oxygen atoms in total. The SMILES string of the molecule is C=C(C)[C@H]1CC(=O)[C@@]2(C)CC=C(C)C[C@H]2C1. The van der Waals surface area contributed by atoms with Crippen LogP contribution in [0.4, 0.5) is 0 Å². The van der Waals surface area contributed by atoms with Crippen molar-refractivity contribution in [3.8, 4) is 0 Å². The highest BCUT2D eigenvalue weighted by Crippen LogP contribution is 2.50. The minimum Gasteiger partial charge on any atom is -0.299 e. The van der Waals surface area contributed by atoms with Crippen molar-refractivity contribution < 1.29 is 4.79 Å². The fourth-order valence-corrected chi connectivity index (χ4v) is 3.19. The molecule has 88 valence electrons. The molecule has 16 heavy (non-hydrogen) atoms. The van der Waals surface area contributed by atoms with Gasteiger partial charge in [-0.25, -0.2) is 0 Å². The maximum absolute atomic E-state index is 12.3. The van der Waals surface area contributed by atoms with Crippen molar-refractivity contribution in [1.29, 1.82) is 0 Å². The fraction of sp³-hybridized carbons (Fsp3) is 0.667. The molecule has 0 N–H and O–H groups in total. The van der Waals surface area contributed by atoms with Gasteiger partial charge in [-0.1, -0.05) is 30.7 Å². The zero-order valence-corrected chi connectivity index (χ0v) is 10.7. The zero-order valence-electron chi connectivity index (χ0n) is 10.7. The van der Waals surface area contributed by atoms with Gasteiger partial charge in [0, 0.05) is 11.8 Å². The molecule has 0 spiro atoms. The average Bonchev–Trinajstić information content (AvgIpc) is 2.21. The van der Waals surface area contributed by atoms with Gasteiger partial charge >= 0.3 is 0 Å². The van der Waals surface area contributed by atoms with Crippen molar-refractivity contribution >= 4 is 5.78 Å². The summed E-state index contributed by atoms with van der Waals surface area (Å²) in [5, 5.41) is 0. The lowest BCUT2D eigenvalue weighted by atomic mass is 9.57. The van der Waals surface area contributed by atoms with Crippen LogP contribution in [-0.4, -0.2) is 5.78 Å². The first-order valence-electron chi connectivity index (χ1n) is 6.28. The Morgan fingerprint density at radius 1 is 1.50 bits per heavy atom. The number of hydrogen-bond acceptors (Lipinski definition) is 1. The standard InChI is InChI=1S/C15H22O/c1-10(2)12-8-13-7-11(3)5-6-15(13,4)14(16)9-12/h5,12-13H,1,6-9H2,2-4H3/t12-,13+,15+/m1/s1. The summed E-state index contributed by atoms with van der Waals surface area (Å²) in [4.78, 5) is 12.3. The second-order valence-corrected chi connectivity index (χ2v) is 5.98. The van der Waals surface area contributed by atoms with E-state index in [1.807, 2.05) is 0 Å². The van der Waals surface area contributed by atoms with E-state index in [-0.39, 0.29) is 5.41 Å². The predicted octanol–water partition coefficient (Wildman–Crippen LogP) is 3.90. The van der Waals surface area contributed by atoms with Crippen LogP contribution in [0.2, 0.25) is 0 Å². The fourth-order valence-electron chi connectivity index (χ4n) is 3.19. The lowest BCUT2D eigenvalue weighted by Gasteiger charge is -2.45. The number of rotatable bonds is 1. The van der Waals surface area contributed by atoms with Gasteiger partial charge in [-0.3, -0.25) is 4.79 Å². The summed E-state index contributed by atoms with van der Waals surface area (Å²) in [6, 6.07) is 0. The third-order valence-electron chi connectivity index (χ3n) is 4.68. The van der Waals surface area contributed by atoms with E-state index >= 15 is 0 Å². The predicted molar refractivity (Wildman–Crippen MR) is 67.1 cm³/mol. The van der Waals surface area contributed by atoms with Crippen LogP contribution >= 0.6 is 0 Å². The Morgan fingerprint density at radius 2 is 2.19 bits per heavy atom. The lowest BCUT2D eigenvalue weighted by Crippen LogP contribution is -2.44. The molecule has 1 saturated carbocycles. The van der Waals surface area contributed by atoms with E-state index in [9.17, 15) is 4.79 Å². The van der Waals surface area contributed by atoms with Crippen LogP contribution in [0.25, 0.3) is 0 Å². The van der Waals surface area contributed by atoms with E-state index in [0.717, 1.165) is 25.7 Å². The summed E-state index contributed by atoms with van der Waals surface area (Å²) >= 11 is 0. The van der Waals surface area contributed by atoms with E-state index in [0.29, 0.717) is 17.6 Å². The molecule has 0 aromatic heterocycles. The molecule has 3 atom stereocenters. The van der Waals surface area contributed by atoms with E-state index in [4.69, 9.17) is 0 Å². The summed E-state index contributed by atoms with van der Waals surface area (Å²) in [7, 11) is 0. The van der Waals surface area contributed by atoms with Crippen LogP contribution in [0.15, 0.2) is 23.8 Å². The van der Waals surface area contributed by atoms with Gasteiger partial charge in [0.25, 0.3) is 0 Å². The highest BCUT2D eigenvalue weighted by Gasteiger charge is 2.46. The van der Waals surface area contributed by atoms with Crippen LogP contribution in [0.5, 0.6) is 0 Å². The largest absolute Gasteiger partial charge is 0.299 e. The van der Waals surface area contributed by atoms with Gasteiger partial charge in [-0.2, -0.15) is 0 Å². The molecule has 0 amide bonds. The Hall–Kier alpha value is -0.850. The van der Waals surface area contributed by atoms with E-state index in [1.54, 1.807) is 0 Å². The monoisotopic (exact) mass is 218 g/mol.